The third-order valence-electron chi connectivity index (χ3n) is 3.60. The third kappa shape index (κ3) is 5.79. The van der Waals surface area contributed by atoms with Gasteiger partial charge in [0.05, 0.1) is 11.1 Å². The molecule has 0 atom stereocenters. The van der Waals surface area contributed by atoms with Gasteiger partial charge in [0.15, 0.2) is 5.11 Å². The van der Waals surface area contributed by atoms with Crippen LogP contribution in [0.25, 0.3) is 0 Å². The maximum absolute atomic E-state index is 12.4. The Labute approximate surface area is 167 Å². The maximum Gasteiger partial charge on any atom is 0.257 e. The van der Waals surface area contributed by atoms with Gasteiger partial charge in [0.25, 0.3) is 5.91 Å². The van der Waals surface area contributed by atoms with Crippen LogP contribution in [0.2, 0.25) is 0 Å². The predicted molar refractivity (Wildman–Crippen MR) is 111 cm³/mol. The molecule has 2 rings (SSSR count). The number of rotatable bonds is 6. The van der Waals surface area contributed by atoms with Gasteiger partial charge in [-0.25, -0.2) is 0 Å². The minimum Gasteiger partial charge on any atom is -0.490 e. The van der Waals surface area contributed by atoms with E-state index in [1.807, 2.05) is 32.0 Å². The highest BCUT2D eigenvalue weighted by Crippen LogP contribution is 2.26. The van der Waals surface area contributed by atoms with E-state index in [1.165, 1.54) is 5.56 Å². The number of hydrogen-bond donors (Lipinski definition) is 2. The summed E-state index contributed by atoms with van der Waals surface area (Å²) in [6.07, 6.45) is 0. The topological polar surface area (TPSA) is 59.6 Å². The Bertz CT molecular complexity index is 811. The molecule has 7 heteroatoms. The first-order chi connectivity index (χ1) is 12.4. The van der Waals surface area contributed by atoms with Gasteiger partial charge in [0.2, 0.25) is 0 Å². The molecule has 0 bridgehead atoms. The van der Waals surface area contributed by atoms with Gasteiger partial charge in [-0.3, -0.25) is 10.1 Å². The van der Waals surface area contributed by atoms with Crippen molar-refractivity contribution in [3.8, 4) is 5.75 Å². The average molecular weight is 437 g/mol. The second-order valence-electron chi connectivity index (χ2n) is 5.71. The summed E-state index contributed by atoms with van der Waals surface area (Å²) >= 11 is 8.65. The van der Waals surface area contributed by atoms with E-state index in [0.717, 1.165) is 11.3 Å². The fourth-order valence-electron chi connectivity index (χ4n) is 2.28. The molecule has 138 valence electrons. The fraction of sp³-hybridized carbons (Fsp3) is 0.263. The molecule has 0 aliphatic carbocycles. The summed E-state index contributed by atoms with van der Waals surface area (Å²) in [7, 11) is 1.61. The highest BCUT2D eigenvalue weighted by molar-refractivity contribution is 9.10. The van der Waals surface area contributed by atoms with Gasteiger partial charge in [-0.1, -0.05) is 17.7 Å². The van der Waals surface area contributed by atoms with E-state index in [4.69, 9.17) is 21.7 Å². The molecule has 0 spiro atoms. The SMILES string of the molecule is COCCOc1ccc(C(=O)NC(=S)Nc2ccc(C)cc2C)cc1Br. The number of amides is 1. The first kappa shape index (κ1) is 20.4. The Kier molecular flexibility index (Phi) is 7.56. The monoisotopic (exact) mass is 436 g/mol. The average Bonchev–Trinajstić information content (AvgIpc) is 2.59. The lowest BCUT2D eigenvalue weighted by atomic mass is 10.1. The molecular weight excluding hydrogens is 416 g/mol. The molecule has 0 unspecified atom stereocenters. The normalized spacial score (nSPS) is 10.3. The van der Waals surface area contributed by atoms with Crippen LogP contribution in [0, 0.1) is 13.8 Å². The Morgan fingerprint density at radius 1 is 1.15 bits per heavy atom. The molecular formula is C19H21BrN2O3S. The minimum atomic E-state index is -0.295. The summed E-state index contributed by atoms with van der Waals surface area (Å²) in [5.74, 6) is 0.353. The molecule has 2 aromatic rings. The molecule has 2 aromatic carbocycles. The molecule has 0 heterocycles. The summed E-state index contributed by atoms with van der Waals surface area (Å²) in [5.41, 5.74) is 3.56. The molecule has 0 fully saturated rings. The number of thiocarbonyl (C=S) groups is 1. The minimum absolute atomic E-state index is 0.249. The van der Waals surface area contributed by atoms with E-state index in [9.17, 15) is 4.79 Å². The van der Waals surface area contributed by atoms with Gasteiger partial charge in [-0.2, -0.15) is 0 Å². The van der Waals surface area contributed by atoms with Crippen molar-refractivity contribution in [2.45, 2.75) is 13.8 Å². The number of carbonyl (C=O) groups is 1. The van der Waals surface area contributed by atoms with Crippen molar-refractivity contribution >= 4 is 44.9 Å². The second kappa shape index (κ2) is 9.66. The number of aryl methyl sites for hydroxylation is 2. The lowest BCUT2D eigenvalue weighted by Crippen LogP contribution is -2.34. The molecule has 2 N–H and O–H groups in total. The smallest absolute Gasteiger partial charge is 0.257 e. The predicted octanol–water partition coefficient (Wildman–Crippen LogP) is 4.22. The zero-order chi connectivity index (χ0) is 19.1. The van der Waals surface area contributed by atoms with E-state index in [-0.39, 0.29) is 11.0 Å². The number of anilines is 1. The van der Waals surface area contributed by atoms with Crippen LogP contribution in [0.3, 0.4) is 0 Å². The van der Waals surface area contributed by atoms with Gasteiger partial charge in [-0.15, -0.1) is 0 Å². The van der Waals surface area contributed by atoms with E-state index in [0.29, 0.717) is 29.0 Å². The Morgan fingerprint density at radius 2 is 1.92 bits per heavy atom. The molecule has 0 saturated carbocycles. The largest absolute Gasteiger partial charge is 0.490 e. The van der Waals surface area contributed by atoms with Gasteiger partial charge >= 0.3 is 0 Å². The third-order valence-corrected chi connectivity index (χ3v) is 4.42. The highest BCUT2D eigenvalue weighted by atomic mass is 79.9. The number of halogens is 1. The van der Waals surface area contributed by atoms with Crippen LogP contribution < -0.4 is 15.4 Å². The van der Waals surface area contributed by atoms with Gasteiger partial charge in [-0.05, 0) is 71.8 Å². The lowest BCUT2D eigenvalue weighted by Gasteiger charge is -2.13. The zero-order valence-electron chi connectivity index (χ0n) is 14.9. The summed E-state index contributed by atoms with van der Waals surface area (Å²) in [5, 5.41) is 5.98. The van der Waals surface area contributed by atoms with Crippen molar-refractivity contribution in [1.29, 1.82) is 0 Å². The Morgan fingerprint density at radius 3 is 2.58 bits per heavy atom. The highest BCUT2D eigenvalue weighted by Gasteiger charge is 2.11. The maximum atomic E-state index is 12.4. The lowest BCUT2D eigenvalue weighted by molar-refractivity contribution is 0.0977. The van der Waals surface area contributed by atoms with Gasteiger partial charge < -0.3 is 14.8 Å². The summed E-state index contributed by atoms with van der Waals surface area (Å²) in [4.78, 5) is 12.4. The van der Waals surface area contributed by atoms with Crippen molar-refractivity contribution in [3.05, 3.63) is 57.6 Å². The molecule has 0 radical (unpaired) electrons. The van der Waals surface area contributed by atoms with Crippen molar-refractivity contribution in [1.82, 2.24) is 5.32 Å². The van der Waals surface area contributed by atoms with Crippen molar-refractivity contribution in [3.63, 3.8) is 0 Å². The first-order valence-corrected chi connectivity index (χ1v) is 9.21. The van der Waals surface area contributed by atoms with Crippen LogP contribution in [-0.2, 0) is 4.74 Å². The van der Waals surface area contributed by atoms with Crippen molar-refractivity contribution in [2.24, 2.45) is 0 Å². The van der Waals surface area contributed by atoms with E-state index in [1.54, 1.807) is 25.3 Å². The number of carbonyl (C=O) groups excluding carboxylic acids is 1. The van der Waals surface area contributed by atoms with Gasteiger partial charge in [0, 0.05) is 18.4 Å². The van der Waals surface area contributed by atoms with Crippen LogP contribution in [0.15, 0.2) is 40.9 Å². The Hall–Kier alpha value is -1.96. The van der Waals surface area contributed by atoms with E-state index in [2.05, 4.69) is 26.6 Å². The fourth-order valence-corrected chi connectivity index (χ4v) is 2.97. The standard InChI is InChI=1S/C19H21BrN2O3S/c1-12-4-6-16(13(2)10-12)21-19(26)22-18(23)14-5-7-17(15(20)11-14)25-9-8-24-3/h4-7,10-11H,8-9H2,1-3H3,(H2,21,22,23,26). The number of hydrogen-bond acceptors (Lipinski definition) is 4. The molecule has 0 aliphatic rings. The molecule has 5 nitrogen and oxygen atoms in total. The van der Waals surface area contributed by atoms with Crippen LogP contribution in [0.5, 0.6) is 5.75 Å². The molecule has 26 heavy (non-hydrogen) atoms. The summed E-state index contributed by atoms with van der Waals surface area (Å²) in [6, 6.07) is 11.1. The number of nitrogens with one attached hydrogen (secondary N) is 2. The molecule has 0 aliphatic heterocycles. The summed E-state index contributed by atoms with van der Waals surface area (Å²) < 4.78 is 11.2. The first-order valence-electron chi connectivity index (χ1n) is 8.01. The molecule has 0 saturated heterocycles. The van der Waals surface area contributed by atoms with Gasteiger partial charge in [0.1, 0.15) is 12.4 Å². The van der Waals surface area contributed by atoms with E-state index < -0.39 is 0 Å². The molecule has 1 amide bonds. The number of benzene rings is 2. The number of methoxy groups -OCH3 is 1. The second-order valence-corrected chi connectivity index (χ2v) is 6.98. The van der Waals surface area contributed by atoms with Crippen LogP contribution >= 0.6 is 28.1 Å². The van der Waals surface area contributed by atoms with Crippen LogP contribution in [-0.4, -0.2) is 31.3 Å². The zero-order valence-corrected chi connectivity index (χ0v) is 17.3. The quantitative estimate of drug-likeness (QED) is 0.524. The van der Waals surface area contributed by atoms with E-state index >= 15 is 0 Å². The van der Waals surface area contributed by atoms with Crippen molar-refractivity contribution < 1.29 is 14.3 Å². The van der Waals surface area contributed by atoms with Crippen molar-refractivity contribution in [2.75, 3.05) is 25.6 Å². The number of ether oxygens (including phenoxy) is 2. The Balaban J connectivity index is 1.98. The summed E-state index contributed by atoms with van der Waals surface area (Å²) in [6.45, 7) is 4.94. The van der Waals surface area contributed by atoms with Crippen LogP contribution in [0.1, 0.15) is 21.5 Å². The van der Waals surface area contributed by atoms with Crippen LogP contribution in [0.4, 0.5) is 5.69 Å². The molecule has 0 aromatic heterocycles.